The Morgan fingerprint density at radius 1 is 1.28 bits per heavy atom. The van der Waals surface area contributed by atoms with Crippen molar-refractivity contribution < 1.29 is 19.7 Å². The molecule has 6 heteroatoms. The van der Waals surface area contributed by atoms with E-state index in [0.717, 1.165) is 0 Å². The van der Waals surface area contributed by atoms with E-state index < -0.39 is 24.2 Å². The van der Waals surface area contributed by atoms with Gasteiger partial charge in [-0.15, -0.1) is 0 Å². The lowest BCUT2D eigenvalue weighted by Crippen LogP contribution is -2.42. The van der Waals surface area contributed by atoms with Gasteiger partial charge in [0.25, 0.3) is 0 Å². The molecule has 3 N–H and O–H groups in total. The zero-order valence-corrected chi connectivity index (χ0v) is 11.9. The van der Waals surface area contributed by atoms with Crippen molar-refractivity contribution in [1.29, 1.82) is 0 Å². The lowest BCUT2D eigenvalue weighted by atomic mass is 10.2. The number of nitrogens with zero attached hydrogens (tertiary/aromatic N) is 1. The highest BCUT2D eigenvalue weighted by Gasteiger charge is 2.17. The maximum absolute atomic E-state index is 11.3. The van der Waals surface area contributed by atoms with Gasteiger partial charge in [0.15, 0.2) is 0 Å². The lowest BCUT2D eigenvalue weighted by Gasteiger charge is -2.28. The van der Waals surface area contributed by atoms with Crippen LogP contribution in [0, 0.1) is 0 Å². The van der Waals surface area contributed by atoms with Crippen molar-refractivity contribution in [2.75, 3.05) is 13.1 Å². The van der Waals surface area contributed by atoms with Crippen LogP contribution in [-0.2, 0) is 4.74 Å². The van der Waals surface area contributed by atoms with Crippen LogP contribution >= 0.6 is 0 Å². The first-order chi connectivity index (χ1) is 8.13. The molecule has 0 aromatic heterocycles. The summed E-state index contributed by atoms with van der Waals surface area (Å²) < 4.78 is 5.08. The molecule has 0 bridgehead atoms. The van der Waals surface area contributed by atoms with Crippen LogP contribution in [0.5, 0.6) is 0 Å². The minimum Gasteiger partial charge on any atom is -0.444 e. The molecule has 0 fully saturated rings. The third kappa shape index (κ3) is 8.27. The summed E-state index contributed by atoms with van der Waals surface area (Å²) in [6.07, 6.45) is -1.27. The zero-order valence-electron chi connectivity index (χ0n) is 11.9. The van der Waals surface area contributed by atoms with Crippen molar-refractivity contribution in [1.82, 2.24) is 10.2 Å². The van der Waals surface area contributed by atoms with Crippen molar-refractivity contribution in [2.24, 2.45) is 0 Å². The summed E-state index contributed by atoms with van der Waals surface area (Å²) in [5.41, 5.74) is -0.505. The summed E-state index contributed by atoms with van der Waals surface area (Å²) in [5, 5.41) is 21.4. The van der Waals surface area contributed by atoms with Crippen LogP contribution in [0.2, 0.25) is 0 Å². The van der Waals surface area contributed by atoms with Crippen LogP contribution in [0.4, 0.5) is 4.79 Å². The second-order valence-corrected chi connectivity index (χ2v) is 5.28. The molecule has 1 amide bonds. The Hall–Kier alpha value is -0.850. The van der Waals surface area contributed by atoms with Gasteiger partial charge in [-0.3, -0.25) is 4.90 Å². The highest BCUT2D eigenvalue weighted by Crippen LogP contribution is 2.06. The summed E-state index contributed by atoms with van der Waals surface area (Å²) in [4.78, 5) is 12.8. The van der Waals surface area contributed by atoms with Gasteiger partial charge in [0.1, 0.15) is 18.1 Å². The van der Waals surface area contributed by atoms with E-state index >= 15 is 0 Å². The molecule has 0 spiro atoms. The number of aliphatic hydroxyl groups excluding tert-OH is 2. The van der Waals surface area contributed by atoms with Gasteiger partial charge in [0, 0.05) is 13.1 Å². The minimum absolute atomic E-state index is 0.435. The number of carbonyl (C=O) groups is 1. The number of ether oxygens (including phenoxy) is 1. The quantitative estimate of drug-likeness (QED) is 0.489. The lowest BCUT2D eigenvalue weighted by molar-refractivity contribution is -0.0840. The van der Waals surface area contributed by atoms with Crippen LogP contribution in [0.1, 0.15) is 41.0 Å². The van der Waals surface area contributed by atoms with Crippen molar-refractivity contribution in [3.8, 4) is 0 Å². The molecule has 0 rings (SSSR count). The predicted molar refractivity (Wildman–Crippen MR) is 68.9 cm³/mol. The molecule has 0 aliphatic rings. The van der Waals surface area contributed by atoms with Crippen LogP contribution < -0.4 is 5.32 Å². The molecule has 0 saturated carbocycles. The third-order valence-electron chi connectivity index (χ3n) is 2.22. The molecule has 0 aliphatic carbocycles. The number of rotatable bonds is 6. The molecular weight excluding hydrogens is 236 g/mol. The predicted octanol–water partition coefficient (Wildman–Crippen LogP) is 0.880. The molecule has 0 radical (unpaired) electrons. The maximum atomic E-state index is 11.3. The van der Waals surface area contributed by atoms with Crippen molar-refractivity contribution >= 4 is 6.09 Å². The smallest absolute Gasteiger partial charge is 0.407 e. The average Bonchev–Trinajstić information content (AvgIpc) is 2.12. The normalized spacial score (nSPS) is 15.3. The first kappa shape index (κ1) is 17.2. The van der Waals surface area contributed by atoms with Crippen molar-refractivity contribution in [2.45, 2.75) is 59.1 Å². The fourth-order valence-electron chi connectivity index (χ4n) is 1.45. The van der Waals surface area contributed by atoms with E-state index in [9.17, 15) is 15.0 Å². The number of carbonyl (C=O) groups excluding carboxylic acids is 1. The molecule has 18 heavy (non-hydrogen) atoms. The molecule has 0 saturated heterocycles. The maximum Gasteiger partial charge on any atom is 0.407 e. The van der Waals surface area contributed by atoms with E-state index in [1.165, 1.54) is 4.90 Å². The summed E-state index contributed by atoms with van der Waals surface area (Å²) in [7, 11) is 0. The van der Waals surface area contributed by atoms with E-state index in [1.807, 2.05) is 0 Å². The first-order valence-corrected chi connectivity index (χ1v) is 6.22. The van der Waals surface area contributed by atoms with Gasteiger partial charge in [0.05, 0.1) is 0 Å². The Bertz CT molecular complexity index is 241. The summed E-state index contributed by atoms with van der Waals surface area (Å²) in [6.45, 7) is 9.51. The molecule has 0 aromatic rings. The fourth-order valence-corrected chi connectivity index (χ4v) is 1.45. The van der Waals surface area contributed by atoms with Crippen LogP contribution in [0.15, 0.2) is 0 Å². The van der Waals surface area contributed by atoms with Crippen LogP contribution in [0.3, 0.4) is 0 Å². The Kier molecular flexibility index (Phi) is 7.20. The number of aliphatic hydroxyl groups is 2. The summed E-state index contributed by atoms with van der Waals surface area (Å²) in [5.74, 6) is 0. The van der Waals surface area contributed by atoms with Gasteiger partial charge >= 0.3 is 6.09 Å². The van der Waals surface area contributed by atoms with Crippen molar-refractivity contribution in [3.05, 3.63) is 0 Å². The van der Waals surface area contributed by atoms with Crippen LogP contribution in [0.25, 0.3) is 0 Å². The first-order valence-electron chi connectivity index (χ1n) is 6.22. The average molecular weight is 262 g/mol. The third-order valence-corrected chi connectivity index (χ3v) is 2.22. The van der Waals surface area contributed by atoms with Gasteiger partial charge in [-0.05, 0) is 41.0 Å². The van der Waals surface area contributed by atoms with E-state index in [4.69, 9.17) is 4.74 Å². The standard InChI is InChI=1S/C12H26N2O4/c1-9(15)14(10(2)16)8-6-7-13-11(17)18-12(3,4)5/h9-10,15-16H,6-8H2,1-5H3,(H,13,17). The number of nitrogens with one attached hydrogen (secondary N) is 1. The molecule has 0 aliphatic heterocycles. The van der Waals surface area contributed by atoms with Gasteiger partial charge in [0.2, 0.25) is 0 Å². The second kappa shape index (κ2) is 7.56. The molecule has 108 valence electrons. The number of hydrogen-bond acceptors (Lipinski definition) is 5. The van der Waals surface area contributed by atoms with E-state index in [2.05, 4.69) is 5.32 Å². The molecule has 0 aromatic carbocycles. The minimum atomic E-state index is -0.716. The summed E-state index contributed by atoms with van der Waals surface area (Å²) in [6, 6.07) is 0. The molecule has 0 heterocycles. The second-order valence-electron chi connectivity index (χ2n) is 5.28. The molecule has 2 unspecified atom stereocenters. The molecule has 2 atom stereocenters. The van der Waals surface area contributed by atoms with E-state index in [0.29, 0.717) is 19.5 Å². The van der Waals surface area contributed by atoms with Crippen LogP contribution in [-0.4, -0.2) is 52.4 Å². The Morgan fingerprint density at radius 2 is 1.78 bits per heavy atom. The topological polar surface area (TPSA) is 82.0 Å². The Morgan fingerprint density at radius 3 is 2.17 bits per heavy atom. The highest BCUT2D eigenvalue weighted by atomic mass is 16.6. The number of hydrogen-bond donors (Lipinski definition) is 3. The Balaban J connectivity index is 3.82. The number of amides is 1. The molecular formula is C12H26N2O4. The zero-order chi connectivity index (χ0) is 14.3. The fraction of sp³-hybridized carbons (Fsp3) is 0.917. The summed E-state index contributed by atoms with van der Waals surface area (Å²) >= 11 is 0. The molecule has 6 nitrogen and oxygen atoms in total. The van der Waals surface area contributed by atoms with Gasteiger partial charge in [-0.2, -0.15) is 0 Å². The largest absolute Gasteiger partial charge is 0.444 e. The SMILES string of the molecule is CC(O)N(CCCNC(=O)OC(C)(C)C)C(C)O. The number of alkyl carbamates (subject to hydrolysis) is 1. The van der Waals surface area contributed by atoms with Gasteiger partial charge in [-0.25, -0.2) is 4.79 Å². The monoisotopic (exact) mass is 262 g/mol. The highest BCUT2D eigenvalue weighted by molar-refractivity contribution is 5.67. The van der Waals surface area contributed by atoms with Crippen molar-refractivity contribution in [3.63, 3.8) is 0 Å². The van der Waals surface area contributed by atoms with Gasteiger partial charge in [-0.1, -0.05) is 0 Å². The van der Waals surface area contributed by atoms with E-state index in [1.54, 1.807) is 34.6 Å². The Labute approximate surface area is 109 Å². The van der Waals surface area contributed by atoms with E-state index in [-0.39, 0.29) is 0 Å². The van der Waals surface area contributed by atoms with Gasteiger partial charge < -0.3 is 20.3 Å².